The van der Waals surface area contributed by atoms with Crippen molar-refractivity contribution in [3.63, 3.8) is 0 Å². The van der Waals surface area contributed by atoms with E-state index in [-0.39, 0.29) is 23.3 Å². The molecule has 0 unspecified atom stereocenters. The Labute approximate surface area is 165 Å². The molecule has 0 radical (unpaired) electrons. The van der Waals surface area contributed by atoms with Gasteiger partial charge in [0.1, 0.15) is 11.6 Å². The zero-order chi connectivity index (χ0) is 22.0. The Kier molecular flexibility index (Phi) is 6.47. The smallest absolute Gasteiger partial charge is 0.390 e. The highest BCUT2D eigenvalue weighted by Gasteiger charge is 2.31. The Bertz CT molecular complexity index is 1020. The lowest BCUT2D eigenvalue weighted by Crippen LogP contribution is -2.21. The maximum atomic E-state index is 13.9. The minimum atomic E-state index is -4.45. The van der Waals surface area contributed by atoms with Crippen LogP contribution in [0.5, 0.6) is 0 Å². The van der Waals surface area contributed by atoms with E-state index in [1.54, 1.807) is 26.8 Å². The van der Waals surface area contributed by atoms with Crippen LogP contribution in [0.25, 0.3) is 16.6 Å². The Morgan fingerprint density at radius 3 is 2.28 bits per heavy atom. The Hall–Kier alpha value is -2.74. The fourth-order valence-electron chi connectivity index (χ4n) is 2.95. The number of carbonyl (C=O) groups excluding carboxylic acids is 1. The maximum Gasteiger partial charge on any atom is 0.416 e. The van der Waals surface area contributed by atoms with Crippen molar-refractivity contribution < 1.29 is 27.5 Å². The van der Waals surface area contributed by atoms with E-state index in [2.05, 4.69) is 5.10 Å². The number of benzene rings is 1. The number of aromatic nitrogens is 2. The predicted molar refractivity (Wildman–Crippen MR) is 102 cm³/mol. The van der Waals surface area contributed by atoms with Crippen LogP contribution >= 0.6 is 0 Å². The van der Waals surface area contributed by atoms with E-state index in [1.807, 2.05) is 0 Å². The van der Waals surface area contributed by atoms with Crippen LogP contribution in [-0.2, 0) is 11.0 Å². The molecular weight excluding hydrogens is 388 g/mol. The number of carbonyl (C=O) groups is 1. The molecule has 3 rings (SSSR count). The second-order valence-electron chi connectivity index (χ2n) is 7.37. The van der Waals surface area contributed by atoms with E-state index in [1.165, 1.54) is 35.8 Å². The molecule has 0 saturated carbocycles. The van der Waals surface area contributed by atoms with Crippen LogP contribution in [0, 0.1) is 12.7 Å². The summed E-state index contributed by atoms with van der Waals surface area (Å²) in [6.45, 7) is 6.35. The molecular formula is C21H22F4N2O2. The Morgan fingerprint density at radius 1 is 1.17 bits per heavy atom. The zero-order valence-electron chi connectivity index (χ0n) is 16.5. The molecule has 0 bridgehead atoms. The number of aliphatic hydroxyl groups is 1. The number of fused-ring (bicyclic) bond motifs is 1. The van der Waals surface area contributed by atoms with Crippen molar-refractivity contribution in [2.75, 3.05) is 0 Å². The molecule has 29 heavy (non-hydrogen) atoms. The summed E-state index contributed by atoms with van der Waals surface area (Å²) in [4.78, 5) is 10.3. The van der Waals surface area contributed by atoms with Crippen LogP contribution in [0.4, 0.5) is 17.6 Å². The van der Waals surface area contributed by atoms with E-state index < -0.39 is 23.2 Å². The number of Topliss-reactive ketones (excluding diaryl/α,β-unsaturated/α-hetero) is 1. The summed E-state index contributed by atoms with van der Waals surface area (Å²) in [5, 5.41) is 13.1. The highest BCUT2D eigenvalue weighted by molar-refractivity contribution is 5.83. The molecule has 0 aliphatic carbocycles. The first-order valence-electron chi connectivity index (χ1n) is 8.82. The van der Waals surface area contributed by atoms with Crippen LogP contribution in [0.3, 0.4) is 0 Å². The maximum absolute atomic E-state index is 13.9. The normalized spacial score (nSPS) is 11.9. The van der Waals surface area contributed by atoms with Gasteiger partial charge in [0.05, 0.1) is 22.4 Å². The topological polar surface area (TPSA) is 54.6 Å². The first kappa shape index (κ1) is 22.5. The van der Waals surface area contributed by atoms with Gasteiger partial charge in [-0.3, -0.25) is 4.79 Å². The van der Waals surface area contributed by atoms with Crippen LogP contribution in [0.15, 0.2) is 42.6 Å². The third kappa shape index (κ3) is 5.87. The van der Waals surface area contributed by atoms with Gasteiger partial charge in [-0.05, 0) is 45.9 Å². The van der Waals surface area contributed by atoms with Crippen LogP contribution in [0.1, 0.15) is 38.4 Å². The van der Waals surface area contributed by atoms with Gasteiger partial charge in [0.15, 0.2) is 0 Å². The molecule has 2 aromatic heterocycles. The number of alkyl halides is 3. The quantitative estimate of drug-likeness (QED) is 0.604. The van der Waals surface area contributed by atoms with Gasteiger partial charge in [-0.15, -0.1) is 0 Å². The molecule has 1 N–H and O–H groups in total. The van der Waals surface area contributed by atoms with E-state index >= 15 is 0 Å². The van der Waals surface area contributed by atoms with E-state index in [9.17, 15) is 22.4 Å². The van der Waals surface area contributed by atoms with Gasteiger partial charge in [-0.2, -0.15) is 18.3 Å². The molecule has 3 aromatic rings. The summed E-state index contributed by atoms with van der Waals surface area (Å²) in [5.41, 5.74) is -0.297. The fourth-order valence-corrected chi connectivity index (χ4v) is 2.95. The summed E-state index contributed by atoms with van der Waals surface area (Å²) < 4.78 is 53.8. The monoisotopic (exact) mass is 410 g/mol. The lowest BCUT2D eigenvalue weighted by molar-refractivity contribution is -0.137. The first-order chi connectivity index (χ1) is 13.3. The van der Waals surface area contributed by atoms with E-state index in [4.69, 9.17) is 5.11 Å². The predicted octanol–water partition coefficient (Wildman–Crippen LogP) is 5.20. The molecule has 8 heteroatoms. The molecule has 1 aromatic carbocycles. The van der Waals surface area contributed by atoms with Crippen molar-refractivity contribution in [2.24, 2.45) is 0 Å². The molecule has 0 saturated heterocycles. The van der Waals surface area contributed by atoms with Crippen molar-refractivity contribution in [3.05, 3.63) is 59.7 Å². The second kappa shape index (κ2) is 8.32. The number of rotatable bonds is 3. The minimum absolute atomic E-state index is 0.0255. The highest BCUT2D eigenvalue weighted by Crippen LogP contribution is 2.34. The van der Waals surface area contributed by atoms with Gasteiger partial charge in [-0.25, -0.2) is 8.91 Å². The highest BCUT2D eigenvalue weighted by atomic mass is 19.4. The lowest BCUT2D eigenvalue weighted by atomic mass is 10.0. The third-order valence-corrected chi connectivity index (χ3v) is 3.96. The van der Waals surface area contributed by atoms with Gasteiger partial charge >= 0.3 is 6.18 Å². The lowest BCUT2D eigenvalue weighted by Gasteiger charge is -2.13. The van der Waals surface area contributed by atoms with Crippen molar-refractivity contribution in [1.82, 2.24) is 9.61 Å². The van der Waals surface area contributed by atoms with Crippen molar-refractivity contribution in [3.8, 4) is 11.1 Å². The van der Waals surface area contributed by atoms with Gasteiger partial charge < -0.3 is 5.11 Å². The molecule has 0 aliphatic rings. The van der Waals surface area contributed by atoms with Gasteiger partial charge in [0.2, 0.25) is 0 Å². The number of hydrogen-bond acceptors (Lipinski definition) is 3. The number of ketones is 1. The summed E-state index contributed by atoms with van der Waals surface area (Å²) in [7, 11) is 0. The summed E-state index contributed by atoms with van der Waals surface area (Å²) >= 11 is 0. The van der Waals surface area contributed by atoms with Gasteiger partial charge in [0.25, 0.3) is 0 Å². The van der Waals surface area contributed by atoms with Gasteiger partial charge in [-0.1, -0.05) is 18.2 Å². The average molecular weight is 410 g/mol. The Balaban J connectivity index is 0.000000321. The van der Waals surface area contributed by atoms with Crippen molar-refractivity contribution in [1.29, 1.82) is 0 Å². The number of hydrogen-bond donors (Lipinski definition) is 1. The number of nitrogens with zero attached hydrogens (tertiary/aromatic N) is 2. The average Bonchev–Trinajstić information content (AvgIpc) is 2.88. The SMILES string of the molecule is CC(=O)CC(C)(C)O.Cc1nn2ccc(C(F)(F)F)cc2c1-c1ccccc1F. The number of halogens is 4. The molecule has 4 nitrogen and oxygen atoms in total. The van der Waals surface area contributed by atoms with Gasteiger partial charge in [0, 0.05) is 23.7 Å². The van der Waals surface area contributed by atoms with Crippen molar-refractivity contribution >= 4 is 11.3 Å². The molecule has 2 heterocycles. The standard InChI is InChI=1S/C15H10F4N2.C6H12O2/c1-9-14(11-4-2-3-5-12(11)16)13-8-10(15(17,18)19)6-7-21(13)20-9;1-5(7)4-6(2,3)8/h2-8H,1H3;8H,4H2,1-3H3. The van der Waals surface area contributed by atoms with Crippen LogP contribution < -0.4 is 0 Å². The number of pyridine rings is 1. The first-order valence-corrected chi connectivity index (χ1v) is 8.82. The number of aryl methyl sites for hydroxylation is 1. The summed E-state index contributed by atoms with van der Waals surface area (Å²) in [6.07, 6.45) is -2.98. The molecule has 0 spiro atoms. The summed E-state index contributed by atoms with van der Waals surface area (Å²) in [5.74, 6) is -0.467. The minimum Gasteiger partial charge on any atom is -0.390 e. The summed E-state index contributed by atoms with van der Waals surface area (Å²) in [6, 6.07) is 7.90. The Morgan fingerprint density at radius 2 is 1.79 bits per heavy atom. The zero-order valence-corrected chi connectivity index (χ0v) is 16.5. The molecule has 0 amide bonds. The van der Waals surface area contributed by atoms with Crippen molar-refractivity contribution in [2.45, 2.75) is 45.9 Å². The van der Waals surface area contributed by atoms with Crippen LogP contribution in [0.2, 0.25) is 0 Å². The van der Waals surface area contributed by atoms with E-state index in [0.717, 1.165) is 12.1 Å². The molecule has 0 fully saturated rings. The molecule has 156 valence electrons. The molecule has 0 atom stereocenters. The largest absolute Gasteiger partial charge is 0.416 e. The molecule has 0 aliphatic heterocycles. The second-order valence-corrected chi connectivity index (χ2v) is 7.37. The van der Waals surface area contributed by atoms with E-state index in [0.29, 0.717) is 11.3 Å². The van der Waals surface area contributed by atoms with Crippen LogP contribution in [-0.4, -0.2) is 26.1 Å². The third-order valence-electron chi connectivity index (χ3n) is 3.96. The fraction of sp³-hybridized carbons (Fsp3) is 0.333.